The van der Waals surface area contributed by atoms with Crippen LogP contribution < -0.4 is 5.32 Å². The van der Waals surface area contributed by atoms with Crippen molar-refractivity contribution < 1.29 is 4.79 Å². The molecule has 0 unspecified atom stereocenters. The van der Waals surface area contributed by atoms with Crippen molar-refractivity contribution in [3.05, 3.63) is 18.2 Å². The highest BCUT2D eigenvalue weighted by Crippen LogP contribution is 2.18. The van der Waals surface area contributed by atoms with Gasteiger partial charge < -0.3 is 9.88 Å². The van der Waals surface area contributed by atoms with E-state index < -0.39 is 0 Å². The molecule has 1 saturated heterocycles. The van der Waals surface area contributed by atoms with Crippen molar-refractivity contribution in [1.29, 1.82) is 0 Å². The van der Waals surface area contributed by atoms with Crippen molar-refractivity contribution in [3.8, 4) is 0 Å². The van der Waals surface area contributed by atoms with Crippen molar-refractivity contribution in [2.45, 2.75) is 19.4 Å². The van der Waals surface area contributed by atoms with Gasteiger partial charge in [0.1, 0.15) is 5.82 Å². The molecule has 2 heterocycles. The van der Waals surface area contributed by atoms with E-state index in [1.165, 1.54) is 0 Å². The first-order valence-electron chi connectivity index (χ1n) is 6.11. The van der Waals surface area contributed by atoms with Gasteiger partial charge >= 0.3 is 0 Å². The standard InChI is InChI=1S/C12H20N4O/c1-13-12(17)10-4-3-6-16(8-10)9-11-14-5-7-15(11)2/h5,7,10H,3-4,6,8-9H2,1-2H3,(H,13,17)/t10-/m0/s1. The molecule has 5 nitrogen and oxygen atoms in total. The summed E-state index contributed by atoms with van der Waals surface area (Å²) < 4.78 is 2.03. The molecular formula is C12H20N4O. The normalized spacial score (nSPS) is 21.4. The number of aryl methyl sites for hydroxylation is 1. The van der Waals surface area contributed by atoms with Gasteiger partial charge in [0.2, 0.25) is 5.91 Å². The summed E-state index contributed by atoms with van der Waals surface area (Å²) >= 11 is 0. The Labute approximate surface area is 102 Å². The first-order valence-corrected chi connectivity index (χ1v) is 6.11. The van der Waals surface area contributed by atoms with Crippen LogP contribution in [-0.4, -0.2) is 40.5 Å². The highest BCUT2D eigenvalue weighted by atomic mass is 16.1. The molecule has 0 spiro atoms. The summed E-state index contributed by atoms with van der Waals surface area (Å²) in [6.45, 7) is 2.73. The fourth-order valence-electron chi connectivity index (χ4n) is 2.37. The molecule has 1 aliphatic heterocycles. The van der Waals surface area contributed by atoms with Crippen molar-refractivity contribution in [3.63, 3.8) is 0 Å². The Bertz CT molecular complexity index is 388. The van der Waals surface area contributed by atoms with E-state index >= 15 is 0 Å². The third kappa shape index (κ3) is 2.85. The summed E-state index contributed by atoms with van der Waals surface area (Å²) in [5.74, 6) is 1.35. The van der Waals surface area contributed by atoms with Crippen LogP contribution in [0.4, 0.5) is 0 Å². The number of aromatic nitrogens is 2. The summed E-state index contributed by atoms with van der Waals surface area (Å²) in [5, 5.41) is 2.74. The van der Waals surface area contributed by atoms with Gasteiger partial charge in [0, 0.05) is 33.0 Å². The zero-order valence-corrected chi connectivity index (χ0v) is 10.5. The molecule has 17 heavy (non-hydrogen) atoms. The van der Waals surface area contributed by atoms with Crippen LogP contribution in [0.5, 0.6) is 0 Å². The Morgan fingerprint density at radius 2 is 2.47 bits per heavy atom. The highest BCUT2D eigenvalue weighted by Gasteiger charge is 2.25. The SMILES string of the molecule is CNC(=O)[C@H]1CCCN(Cc2nccn2C)C1. The minimum absolute atomic E-state index is 0.133. The van der Waals surface area contributed by atoms with Gasteiger partial charge in [0.25, 0.3) is 0 Å². The molecule has 0 bridgehead atoms. The zero-order valence-electron chi connectivity index (χ0n) is 10.5. The van der Waals surface area contributed by atoms with Gasteiger partial charge in [-0.3, -0.25) is 9.69 Å². The average Bonchev–Trinajstić information content (AvgIpc) is 2.74. The Hall–Kier alpha value is -1.36. The molecule has 1 amide bonds. The first-order chi connectivity index (χ1) is 8.20. The van der Waals surface area contributed by atoms with Crippen LogP contribution in [0.3, 0.4) is 0 Å². The number of hydrogen-bond donors (Lipinski definition) is 1. The predicted octanol–water partition coefficient (Wildman–Crippen LogP) is 0.378. The fraction of sp³-hybridized carbons (Fsp3) is 0.667. The quantitative estimate of drug-likeness (QED) is 0.825. The van der Waals surface area contributed by atoms with E-state index in [9.17, 15) is 4.79 Å². The smallest absolute Gasteiger partial charge is 0.224 e. The maximum absolute atomic E-state index is 11.6. The fourth-order valence-corrected chi connectivity index (χ4v) is 2.37. The van der Waals surface area contributed by atoms with E-state index in [0.29, 0.717) is 0 Å². The van der Waals surface area contributed by atoms with Gasteiger partial charge in [-0.05, 0) is 19.4 Å². The van der Waals surface area contributed by atoms with E-state index in [1.54, 1.807) is 7.05 Å². The second-order valence-electron chi connectivity index (χ2n) is 4.64. The maximum Gasteiger partial charge on any atom is 0.224 e. The van der Waals surface area contributed by atoms with E-state index in [1.807, 2.05) is 24.0 Å². The number of imidazole rings is 1. The summed E-state index contributed by atoms with van der Waals surface area (Å²) in [5.41, 5.74) is 0. The Morgan fingerprint density at radius 1 is 1.65 bits per heavy atom. The number of piperidine rings is 1. The van der Waals surface area contributed by atoms with Crippen LogP contribution in [-0.2, 0) is 18.4 Å². The average molecular weight is 236 g/mol. The number of rotatable bonds is 3. The highest BCUT2D eigenvalue weighted by molar-refractivity contribution is 5.78. The third-order valence-corrected chi connectivity index (χ3v) is 3.41. The van der Waals surface area contributed by atoms with Crippen LogP contribution in [0, 0.1) is 5.92 Å². The largest absolute Gasteiger partial charge is 0.359 e. The number of likely N-dealkylation sites (tertiary alicyclic amines) is 1. The van der Waals surface area contributed by atoms with Crippen LogP contribution in [0.1, 0.15) is 18.7 Å². The molecule has 0 radical (unpaired) electrons. The van der Waals surface area contributed by atoms with Gasteiger partial charge in [0.05, 0.1) is 12.5 Å². The minimum Gasteiger partial charge on any atom is -0.359 e. The third-order valence-electron chi connectivity index (χ3n) is 3.41. The molecule has 0 saturated carbocycles. The molecule has 1 aromatic heterocycles. The first kappa shape index (κ1) is 12.1. The number of amides is 1. The Balaban J connectivity index is 1.94. The van der Waals surface area contributed by atoms with Crippen molar-refractivity contribution in [2.24, 2.45) is 13.0 Å². The van der Waals surface area contributed by atoms with Crippen LogP contribution in [0.15, 0.2) is 12.4 Å². The second kappa shape index (κ2) is 5.31. The number of carbonyl (C=O) groups excluding carboxylic acids is 1. The van der Waals surface area contributed by atoms with Crippen LogP contribution in [0.2, 0.25) is 0 Å². The maximum atomic E-state index is 11.6. The van der Waals surface area contributed by atoms with Crippen LogP contribution >= 0.6 is 0 Å². The lowest BCUT2D eigenvalue weighted by atomic mass is 9.97. The van der Waals surface area contributed by atoms with E-state index in [0.717, 1.165) is 38.3 Å². The molecule has 1 aromatic rings. The summed E-state index contributed by atoms with van der Waals surface area (Å²) in [7, 11) is 3.71. The van der Waals surface area contributed by atoms with Gasteiger partial charge in [-0.1, -0.05) is 0 Å². The molecule has 94 valence electrons. The zero-order chi connectivity index (χ0) is 12.3. The lowest BCUT2D eigenvalue weighted by Gasteiger charge is -2.31. The molecular weight excluding hydrogens is 216 g/mol. The molecule has 0 aliphatic carbocycles. The predicted molar refractivity (Wildman–Crippen MR) is 65.3 cm³/mol. The second-order valence-corrected chi connectivity index (χ2v) is 4.64. The van der Waals surface area contributed by atoms with E-state index in [-0.39, 0.29) is 11.8 Å². The monoisotopic (exact) mass is 236 g/mol. The molecule has 5 heteroatoms. The van der Waals surface area contributed by atoms with E-state index in [2.05, 4.69) is 15.2 Å². The number of nitrogens with one attached hydrogen (secondary N) is 1. The molecule has 1 fully saturated rings. The lowest BCUT2D eigenvalue weighted by Crippen LogP contribution is -2.42. The van der Waals surface area contributed by atoms with Crippen molar-refractivity contribution >= 4 is 5.91 Å². The summed E-state index contributed by atoms with van der Waals surface area (Å²) in [6, 6.07) is 0. The Morgan fingerprint density at radius 3 is 3.12 bits per heavy atom. The Kier molecular flexibility index (Phi) is 3.78. The van der Waals surface area contributed by atoms with E-state index in [4.69, 9.17) is 0 Å². The lowest BCUT2D eigenvalue weighted by molar-refractivity contribution is -0.126. The number of nitrogens with zero attached hydrogens (tertiary/aromatic N) is 3. The topological polar surface area (TPSA) is 50.2 Å². The van der Waals surface area contributed by atoms with Gasteiger partial charge in [0.15, 0.2) is 0 Å². The number of carbonyl (C=O) groups is 1. The summed E-state index contributed by atoms with van der Waals surface area (Å²) in [6.07, 6.45) is 5.85. The molecule has 1 N–H and O–H groups in total. The van der Waals surface area contributed by atoms with Crippen molar-refractivity contribution in [1.82, 2.24) is 19.8 Å². The van der Waals surface area contributed by atoms with Crippen LogP contribution in [0.25, 0.3) is 0 Å². The van der Waals surface area contributed by atoms with Gasteiger partial charge in [-0.25, -0.2) is 4.98 Å². The summed E-state index contributed by atoms with van der Waals surface area (Å²) in [4.78, 5) is 18.3. The minimum atomic E-state index is 0.133. The van der Waals surface area contributed by atoms with Crippen molar-refractivity contribution in [2.75, 3.05) is 20.1 Å². The molecule has 1 atom stereocenters. The molecule has 1 aliphatic rings. The number of hydrogen-bond acceptors (Lipinski definition) is 3. The van der Waals surface area contributed by atoms with Gasteiger partial charge in [-0.2, -0.15) is 0 Å². The molecule has 0 aromatic carbocycles. The van der Waals surface area contributed by atoms with Gasteiger partial charge in [-0.15, -0.1) is 0 Å². The molecule has 2 rings (SSSR count).